The van der Waals surface area contributed by atoms with E-state index in [2.05, 4.69) is 24.1 Å². The first kappa shape index (κ1) is 20.9. The third kappa shape index (κ3) is 5.17. The van der Waals surface area contributed by atoms with Crippen molar-refractivity contribution in [2.45, 2.75) is 51.3 Å². The smallest absolute Gasteiger partial charge is 0.251 e. The summed E-state index contributed by atoms with van der Waals surface area (Å²) in [7, 11) is -1.46. The van der Waals surface area contributed by atoms with E-state index < -0.39 is 9.84 Å². The Kier molecular flexibility index (Phi) is 6.50. The Hall–Kier alpha value is -1.80. The Labute approximate surface area is 167 Å². The zero-order chi connectivity index (χ0) is 20.3. The number of ether oxygens (including phenoxy) is 2. The molecule has 1 atom stereocenters. The van der Waals surface area contributed by atoms with Crippen molar-refractivity contribution in [1.82, 2.24) is 10.2 Å². The van der Waals surface area contributed by atoms with E-state index in [1.165, 1.54) is 0 Å². The van der Waals surface area contributed by atoms with E-state index in [1.54, 1.807) is 25.3 Å². The lowest BCUT2D eigenvalue weighted by molar-refractivity contribution is 0.0818. The minimum absolute atomic E-state index is 0.00662. The summed E-state index contributed by atoms with van der Waals surface area (Å²) in [6, 6.07) is 5.28. The number of likely N-dealkylation sites (tertiary alicyclic amines) is 1. The van der Waals surface area contributed by atoms with Crippen molar-refractivity contribution < 1.29 is 22.7 Å². The second kappa shape index (κ2) is 8.69. The number of nitrogens with zero attached hydrogens (tertiary/aromatic N) is 1. The van der Waals surface area contributed by atoms with Gasteiger partial charge >= 0.3 is 0 Å². The standard InChI is InChI=1S/C20H30N2O5S/c1-14(2)22-9-6-17(7-10-22)27-19-12-15(4-5-18(19)26-3)20(23)21-16-8-11-28(24,25)13-16/h4-5,12,14,16-17H,6-11,13H2,1-3H3,(H,21,23). The molecule has 0 radical (unpaired) electrons. The lowest BCUT2D eigenvalue weighted by Gasteiger charge is -2.34. The summed E-state index contributed by atoms with van der Waals surface area (Å²) in [4.78, 5) is 15.0. The van der Waals surface area contributed by atoms with Crippen LogP contribution in [0.25, 0.3) is 0 Å². The van der Waals surface area contributed by atoms with Crippen molar-refractivity contribution in [1.29, 1.82) is 0 Å². The van der Waals surface area contributed by atoms with Crippen LogP contribution in [0.5, 0.6) is 11.5 Å². The largest absolute Gasteiger partial charge is 0.493 e. The van der Waals surface area contributed by atoms with Crippen LogP contribution < -0.4 is 14.8 Å². The number of piperidine rings is 1. The molecule has 0 aromatic heterocycles. The molecule has 3 rings (SSSR count). The first-order valence-corrected chi connectivity index (χ1v) is 11.7. The van der Waals surface area contributed by atoms with Gasteiger partial charge in [0.25, 0.3) is 5.91 Å². The zero-order valence-electron chi connectivity index (χ0n) is 16.8. The molecular formula is C20H30N2O5S. The van der Waals surface area contributed by atoms with E-state index in [0.717, 1.165) is 25.9 Å². The molecule has 156 valence electrons. The molecule has 7 nitrogen and oxygen atoms in total. The predicted octanol–water partition coefficient (Wildman–Crippen LogP) is 1.86. The maximum absolute atomic E-state index is 12.6. The lowest BCUT2D eigenvalue weighted by atomic mass is 10.1. The van der Waals surface area contributed by atoms with Gasteiger partial charge in [-0.2, -0.15) is 0 Å². The second-order valence-electron chi connectivity index (χ2n) is 7.89. The van der Waals surface area contributed by atoms with Gasteiger partial charge in [0.15, 0.2) is 21.3 Å². The van der Waals surface area contributed by atoms with Gasteiger partial charge in [0, 0.05) is 30.7 Å². The molecule has 2 saturated heterocycles. The molecule has 2 aliphatic heterocycles. The third-order valence-corrected chi connectivity index (χ3v) is 7.26. The van der Waals surface area contributed by atoms with E-state index in [0.29, 0.717) is 29.5 Å². The van der Waals surface area contributed by atoms with Crippen LogP contribution in [0.4, 0.5) is 0 Å². The van der Waals surface area contributed by atoms with E-state index >= 15 is 0 Å². The molecular weight excluding hydrogens is 380 g/mol. The summed E-state index contributed by atoms with van der Waals surface area (Å²) in [5.74, 6) is 0.990. The SMILES string of the molecule is COc1ccc(C(=O)NC2CCS(=O)(=O)C2)cc1OC1CCN(C(C)C)CC1. The minimum Gasteiger partial charge on any atom is -0.493 e. The molecule has 1 aromatic carbocycles. The fraction of sp³-hybridized carbons (Fsp3) is 0.650. The highest BCUT2D eigenvalue weighted by Crippen LogP contribution is 2.31. The molecule has 0 bridgehead atoms. The molecule has 0 spiro atoms. The van der Waals surface area contributed by atoms with E-state index in [4.69, 9.17) is 9.47 Å². The normalized spacial score (nSPS) is 22.9. The van der Waals surface area contributed by atoms with Crippen LogP contribution in [0, 0.1) is 0 Å². The van der Waals surface area contributed by atoms with Gasteiger partial charge < -0.3 is 19.7 Å². The molecule has 1 N–H and O–H groups in total. The molecule has 1 unspecified atom stereocenters. The van der Waals surface area contributed by atoms with Gasteiger partial charge in [0.05, 0.1) is 18.6 Å². The van der Waals surface area contributed by atoms with E-state index in [1.807, 2.05) is 0 Å². The highest BCUT2D eigenvalue weighted by Gasteiger charge is 2.29. The average molecular weight is 411 g/mol. The monoisotopic (exact) mass is 410 g/mol. The molecule has 2 heterocycles. The number of carbonyl (C=O) groups is 1. The van der Waals surface area contributed by atoms with Gasteiger partial charge in [-0.25, -0.2) is 8.42 Å². The number of hydrogen-bond donors (Lipinski definition) is 1. The molecule has 8 heteroatoms. The van der Waals surface area contributed by atoms with Crippen molar-refractivity contribution in [2.24, 2.45) is 0 Å². The van der Waals surface area contributed by atoms with Gasteiger partial charge in [0.2, 0.25) is 0 Å². The molecule has 1 amide bonds. The number of amides is 1. The summed E-state index contributed by atoms with van der Waals surface area (Å²) in [6.07, 6.45) is 2.40. The highest BCUT2D eigenvalue weighted by atomic mass is 32.2. The molecule has 2 aliphatic rings. The number of rotatable bonds is 6. The van der Waals surface area contributed by atoms with Gasteiger partial charge in [-0.3, -0.25) is 4.79 Å². The summed E-state index contributed by atoms with van der Waals surface area (Å²) < 4.78 is 34.8. The van der Waals surface area contributed by atoms with Crippen LogP contribution in [0.1, 0.15) is 43.5 Å². The Balaban J connectivity index is 1.65. The Morgan fingerprint density at radius 2 is 1.89 bits per heavy atom. The second-order valence-corrected chi connectivity index (χ2v) is 10.1. The van der Waals surface area contributed by atoms with Crippen LogP contribution in [-0.4, -0.2) is 69.1 Å². The van der Waals surface area contributed by atoms with Crippen molar-refractivity contribution >= 4 is 15.7 Å². The predicted molar refractivity (Wildman–Crippen MR) is 108 cm³/mol. The van der Waals surface area contributed by atoms with Crippen molar-refractivity contribution in [3.05, 3.63) is 23.8 Å². The first-order chi connectivity index (χ1) is 13.3. The van der Waals surface area contributed by atoms with E-state index in [9.17, 15) is 13.2 Å². The van der Waals surface area contributed by atoms with Crippen molar-refractivity contribution in [3.8, 4) is 11.5 Å². The molecule has 1 aromatic rings. The lowest BCUT2D eigenvalue weighted by Crippen LogP contribution is -2.41. The number of hydrogen-bond acceptors (Lipinski definition) is 6. The van der Waals surface area contributed by atoms with Crippen LogP contribution >= 0.6 is 0 Å². The minimum atomic E-state index is -3.04. The summed E-state index contributed by atoms with van der Waals surface area (Å²) in [6.45, 7) is 6.37. The summed E-state index contributed by atoms with van der Waals surface area (Å²) in [5, 5.41) is 2.82. The Morgan fingerprint density at radius 1 is 1.18 bits per heavy atom. The van der Waals surface area contributed by atoms with Crippen molar-refractivity contribution in [3.63, 3.8) is 0 Å². The zero-order valence-corrected chi connectivity index (χ0v) is 17.6. The first-order valence-electron chi connectivity index (χ1n) is 9.87. The highest BCUT2D eigenvalue weighted by molar-refractivity contribution is 7.91. The average Bonchev–Trinajstić information content (AvgIpc) is 3.00. The Bertz CT molecular complexity index is 801. The molecule has 0 saturated carbocycles. The van der Waals surface area contributed by atoms with Gasteiger partial charge in [-0.1, -0.05) is 0 Å². The summed E-state index contributed by atoms with van der Waals surface area (Å²) in [5.41, 5.74) is 0.444. The maximum atomic E-state index is 12.6. The fourth-order valence-electron chi connectivity index (χ4n) is 3.78. The molecule has 0 aliphatic carbocycles. The van der Waals surface area contributed by atoms with Gasteiger partial charge in [0.1, 0.15) is 6.10 Å². The van der Waals surface area contributed by atoms with E-state index in [-0.39, 0.29) is 29.6 Å². The maximum Gasteiger partial charge on any atom is 0.251 e. The topological polar surface area (TPSA) is 84.9 Å². The Morgan fingerprint density at radius 3 is 2.46 bits per heavy atom. The van der Waals surface area contributed by atoms with Gasteiger partial charge in [-0.05, 0) is 51.3 Å². The molecule has 28 heavy (non-hydrogen) atoms. The quantitative estimate of drug-likeness (QED) is 0.771. The van der Waals surface area contributed by atoms with Crippen LogP contribution in [0.2, 0.25) is 0 Å². The number of benzene rings is 1. The number of methoxy groups -OCH3 is 1. The van der Waals surface area contributed by atoms with Crippen LogP contribution in [-0.2, 0) is 9.84 Å². The van der Waals surface area contributed by atoms with Crippen molar-refractivity contribution in [2.75, 3.05) is 31.7 Å². The van der Waals surface area contributed by atoms with Gasteiger partial charge in [-0.15, -0.1) is 0 Å². The number of sulfone groups is 1. The fourth-order valence-corrected chi connectivity index (χ4v) is 5.45. The third-order valence-electron chi connectivity index (χ3n) is 5.49. The summed E-state index contributed by atoms with van der Waals surface area (Å²) >= 11 is 0. The number of nitrogens with one attached hydrogen (secondary N) is 1. The van der Waals surface area contributed by atoms with Crippen LogP contribution in [0.15, 0.2) is 18.2 Å². The number of carbonyl (C=O) groups excluding carboxylic acids is 1. The van der Waals surface area contributed by atoms with Crippen LogP contribution in [0.3, 0.4) is 0 Å². The molecule has 2 fully saturated rings.